The molecule has 0 aromatic carbocycles. The number of hydrogen-bond donors (Lipinski definition) is 0. The van der Waals surface area contributed by atoms with E-state index in [-0.39, 0.29) is 11.8 Å². The van der Waals surface area contributed by atoms with E-state index in [1.165, 1.54) is 6.42 Å². The molecule has 0 bridgehead atoms. The minimum atomic E-state index is 0.167. The first-order chi connectivity index (χ1) is 13.7. The normalized spacial score (nSPS) is 23.6. The van der Waals surface area contributed by atoms with Crippen LogP contribution < -0.4 is 0 Å². The molecule has 2 amide bonds. The number of methoxy groups -OCH3 is 1. The number of rotatable bonds is 6. The molecule has 3 aliphatic heterocycles. The molecule has 160 valence electrons. The van der Waals surface area contributed by atoms with Crippen LogP contribution in [0.4, 0.5) is 0 Å². The number of ether oxygens (including phenoxy) is 1. The molecule has 3 saturated heterocycles. The van der Waals surface area contributed by atoms with Crippen LogP contribution in [0.25, 0.3) is 0 Å². The lowest BCUT2D eigenvalue weighted by molar-refractivity contribution is -0.137. The van der Waals surface area contributed by atoms with Crippen molar-refractivity contribution in [2.45, 2.75) is 38.5 Å². The fraction of sp³-hybridized carbons (Fsp3) is 0.905. The average molecular weight is 395 g/mol. The van der Waals surface area contributed by atoms with Crippen molar-refractivity contribution in [2.24, 2.45) is 5.92 Å². The van der Waals surface area contributed by atoms with Gasteiger partial charge in [-0.1, -0.05) is 0 Å². The highest BCUT2D eigenvalue weighted by Gasteiger charge is 2.30. The summed E-state index contributed by atoms with van der Waals surface area (Å²) in [6.07, 6.45) is 6.39. The molecule has 0 radical (unpaired) electrons. The molecular weight excluding hydrogens is 356 g/mol. The Hall–Kier alpha value is -1.18. The van der Waals surface area contributed by atoms with Crippen molar-refractivity contribution in [3.05, 3.63) is 0 Å². The van der Waals surface area contributed by atoms with Crippen LogP contribution in [0.5, 0.6) is 0 Å². The smallest absolute Gasteiger partial charge is 0.236 e. The molecule has 3 heterocycles. The van der Waals surface area contributed by atoms with E-state index in [1.807, 2.05) is 4.90 Å². The second-order valence-corrected chi connectivity index (χ2v) is 8.51. The van der Waals surface area contributed by atoms with Gasteiger partial charge in [-0.05, 0) is 51.6 Å². The quantitative estimate of drug-likeness (QED) is 0.670. The van der Waals surface area contributed by atoms with Gasteiger partial charge in [-0.3, -0.25) is 14.5 Å². The Balaban J connectivity index is 1.40. The minimum Gasteiger partial charge on any atom is -0.383 e. The third-order valence-electron chi connectivity index (χ3n) is 6.52. The van der Waals surface area contributed by atoms with E-state index >= 15 is 0 Å². The fourth-order valence-corrected chi connectivity index (χ4v) is 4.67. The monoisotopic (exact) mass is 394 g/mol. The maximum atomic E-state index is 13.0. The van der Waals surface area contributed by atoms with Crippen LogP contribution in [-0.2, 0) is 14.3 Å². The van der Waals surface area contributed by atoms with Gasteiger partial charge in [-0.25, -0.2) is 0 Å². The molecule has 7 nitrogen and oxygen atoms in total. The minimum absolute atomic E-state index is 0.167. The molecule has 0 atom stereocenters. The molecule has 0 aliphatic carbocycles. The van der Waals surface area contributed by atoms with Crippen molar-refractivity contribution in [1.82, 2.24) is 19.6 Å². The standard InChI is InChI=1S/C21H38N4O3/c1-28-17-16-22-12-6-19(7-13-22)21(27)25-11-5-8-23(14-15-25)18-20(26)24-9-3-2-4-10-24/h19H,2-18H2,1H3. The van der Waals surface area contributed by atoms with E-state index in [2.05, 4.69) is 14.7 Å². The Morgan fingerprint density at radius 1 is 0.786 bits per heavy atom. The third kappa shape index (κ3) is 6.16. The summed E-state index contributed by atoms with van der Waals surface area (Å²) >= 11 is 0. The van der Waals surface area contributed by atoms with Crippen LogP contribution in [0.2, 0.25) is 0 Å². The highest BCUT2D eigenvalue weighted by atomic mass is 16.5. The second kappa shape index (κ2) is 11.1. The number of amides is 2. The SMILES string of the molecule is COCCN1CCC(C(=O)N2CCCN(CC(=O)N3CCCCC3)CC2)CC1. The summed E-state index contributed by atoms with van der Waals surface area (Å²) in [7, 11) is 1.74. The van der Waals surface area contributed by atoms with E-state index in [1.54, 1.807) is 7.11 Å². The summed E-state index contributed by atoms with van der Waals surface area (Å²) in [6.45, 7) is 9.37. The Morgan fingerprint density at radius 2 is 1.50 bits per heavy atom. The van der Waals surface area contributed by atoms with Crippen molar-refractivity contribution in [3.8, 4) is 0 Å². The van der Waals surface area contributed by atoms with Crippen LogP contribution in [-0.4, -0.2) is 111 Å². The average Bonchev–Trinajstić information content (AvgIpc) is 2.98. The van der Waals surface area contributed by atoms with E-state index < -0.39 is 0 Å². The molecule has 0 aromatic rings. The van der Waals surface area contributed by atoms with Crippen LogP contribution in [0, 0.1) is 5.92 Å². The molecule has 3 rings (SSSR count). The number of carbonyl (C=O) groups is 2. The maximum absolute atomic E-state index is 13.0. The van der Waals surface area contributed by atoms with Crippen molar-refractivity contribution in [2.75, 3.05) is 79.2 Å². The molecule has 28 heavy (non-hydrogen) atoms. The van der Waals surface area contributed by atoms with Gasteiger partial charge in [0.05, 0.1) is 13.2 Å². The van der Waals surface area contributed by atoms with Gasteiger partial charge < -0.3 is 19.4 Å². The molecule has 0 unspecified atom stereocenters. The van der Waals surface area contributed by atoms with Gasteiger partial charge in [-0.15, -0.1) is 0 Å². The first-order valence-corrected chi connectivity index (χ1v) is 11.2. The second-order valence-electron chi connectivity index (χ2n) is 8.51. The van der Waals surface area contributed by atoms with E-state index in [9.17, 15) is 9.59 Å². The lowest BCUT2D eigenvalue weighted by Gasteiger charge is -2.34. The maximum Gasteiger partial charge on any atom is 0.236 e. The van der Waals surface area contributed by atoms with Gasteiger partial charge in [0.15, 0.2) is 0 Å². The van der Waals surface area contributed by atoms with Crippen LogP contribution in [0.1, 0.15) is 38.5 Å². The van der Waals surface area contributed by atoms with Gasteiger partial charge in [0.1, 0.15) is 0 Å². The predicted molar refractivity (Wildman–Crippen MR) is 109 cm³/mol. The summed E-state index contributed by atoms with van der Waals surface area (Å²) < 4.78 is 5.16. The van der Waals surface area contributed by atoms with Crippen molar-refractivity contribution in [3.63, 3.8) is 0 Å². The zero-order valence-electron chi connectivity index (χ0n) is 17.6. The number of nitrogens with zero attached hydrogens (tertiary/aromatic N) is 4. The van der Waals surface area contributed by atoms with Crippen LogP contribution in [0.3, 0.4) is 0 Å². The topological polar surface area (TPSA) is 56.3 Å². The molecule has 3 fully saturated rings. The van der Waals surface area contributed by atoms with Gasteiger partial charge in [-0.2, -0.15) is 0 Å². The Morgan fingerprint density at radius 3 is 2.21 bits per heavy atom. The number of hydrogen-bond acceptors (Lipinski definition) is 5. The first kappa shape index (κ1) is 21.5. The fourth-order valence-electron chi connectivity index (χ4n) is 4.67. The molecule has 3 aliphatic rings. The summed E-state index contributed by atoms with van der Waals surface area (Å²) in [5.74, 6) is 0.763. The van der Waals surface area contributed by atoms with Gasteiger partial charge in [0.2, 0.25) is 11.8 Å². The Kier molecular flexibility index (Phi) is 8.55. The Bertz CT molecular complexity index is 502. The van der Waals surface area contributed by atoms with E-state index in [0.717, 1.165) is 97.6 Å². The summed E-state index contributed by atoms with van der Waals surface area (Å²) in [5.41, 5.74) is 0. The van der Waals surface area contributed by atoms with Crippen molar-refractivity contribution in [1.29, 1.82) is 0 Å². The zero-order chi connectivity index (χ0) is 19.8. The highest BCUT2D eigenvalue weighted by Crippen LogP contribution is 2.20. The summed E-state index contributed by atoms with van der Waals surface area (Å²) in [4.78, 5) is 34.2. The molecule has 0 saturated carbocycles. The van der Waals surface area contributed by atoms with Crippen molar-refractivity contribution < 1.29 is 14.3 Å². The lowest BCUT2D eigenvalue weighted by atomic mass is 9.95. The highest BCUT2D eigenvalue weighted by molar-refractivity contribution is 5.79. The van der Waals surface area contributed by atoms with Crippen LogP contribution >= 0.6 is 0 Å². The van der Waals surface area contributed by atoms with Gasteiger partial charge in [0.25, 0.3) is 0 Å². The number of carbonyl (C=O) groups excluding carboxylic acids is 2. The van der Waals surface area contributed by atoms with E-state index in [4.69, 9.17) is 4.74 Å². The number of likely N-dealkylation sites (tertiary alicyclic amines) is 2. The van der Waals surface area contributed by atoms with Gasteiger partial charge in [0, 0.05) is 58.8 Å². The first-order valence-electron chi connectivity index (χ1n) is 11.2. The lowest BCUT2D eigenvalue weighted by Crippen LogP contribution is -2.45. The molecule has 7 heteroatoms. The van der Waals surface area contributed by atoms with Crippen molar-refractivity contribution >= 4 is 11.8 Å². The summed E-state index contributed by atoms with van der Waals surface area (Å²) in [5, 5.41) is 0. The predicted octanol–water partition coefficient (Wildman–Crippen LogP) is 0.892. The third-order valence-corrected chi connectivity index (χ3v) is 6.52. The number of piperidine rings is 2. The Labute approximate surface area is 169 Å². The molecule has 0 N–H and O–H groups in total. The van der Waals surface area contributed by atoms with Crippen LogP contribution in [0.15, 0.2) is 0 Å². The molecular formula is C21H38N4O3. The van der Waals surface area contributed by atoms with E-state index in [0.29, 0.717) is 12.5 Å². The summed E-state index contributed by atoms with van der Waals surface area (Å²) in [6, 6.07) is 0. The molecule has 0 spiro atoms. The van der Waals surface area contributed by atoms with Gasteiger partial charge >= 0.3 is 0 Å². The zero-order valence-corrected chi connectivity index (χ0v) is 17.6. The largest absolute Gasteiger partial charge is 0.383 e. The molecule has 0 aromatic heterocycles.